The van der Waals surface area contributed by atoms with E-state index in [1.807, 2.05) is 27.7 Å². The van der Waals surface area contributed by atoms with Crippen LogP contribution in [0.4, 0.5) is 0 Å². The topological polar surface area (TPSA) is 62.5 Å². The molecule has 1 atom stereocenters. The highest BCUT2D eigenvalue weighted by Crippen LogP contribution is 2.20. The first-order valence-corrected chi connectivity index (χ1v) is 5.87. The van der Waals surface area contributed by atoms with Crippen LogP contribution in [0.2, 0.25) is 0 Å². The lowest BCUT2D eigenvalue weighted by Crippen LogP contribution is -2.35. The maximum atomic E-state index is 11.9. The van der Waals surface area contributed by atoms with Crippen molar-refractivity contribution in [3.05, 3.63) is 22.6 Å². The molecule has 1 unspecified atom stereocenters. The minimum absolute atomic E-state index is 0.128. The highest BCUT2D eigenvalue weighted by atomic mass is 16.3. The second-order valence-corrected chi connectivity index (χ2v) is 4.74. The fourth-order valence-electron chi connectivity index (χ4n) is 1.65. The van der Waals surface area contributed by atoms with Crippen molar-refractivity contribution in [2.24, 2.45) is 5.92 Å². The van der Waals surface area contributed by atoms with E-state index in [1.54, 1.807) is 6.92 Å². The van der Waals surface area contributed by atoms with Gasteiger partial charge in [0.2, 0.25) is 0 Å². The molecule has 0 radical (unpaired) electrons. The Kier molecular flexibility index (Phi) is 4.34. The average molecular weight is 239 g/mol. The smallest absolute Gasteiger partial charge is 0.255 e. The standard InChI is InChI=1S/C13H21NO3/c1-7(2)11(15)6-14-13(16)12-8(3)9(4)17-10(12)5/h7,11,15H,6H2,1-5H3,(H,14,16). The Morgan fingerprint density at radius 2 is 1.88 bits per heavy atom. The molecule has 0 bridgehead atoms. The minimum Gasteiger partial charge on any atom is -0.466 e. The monoisotopic (exact) mass is 239 g/mol. The van der Waals surface area contributed by atoms with Crippen molar-refractivity contribution in [3.8, 4) is 0 Å². The Labute approximate surface area is 102 Å². The Bertz CT molecular complexity index is 407. The van der Waals surface area contributed by atoms with E-state index in [9.17, 15) is 9.90 Å². The van der Waals surface area contributed by atoms with E-state index in [2.05, 4.69) is 5.32 Å². The highest BCUT2D eigenvalue weighted by molar-refractivity contribution is 5.96. The van der Waals surface area contributed by atoms with Crippen LogP contribution in [-0.2, 0) is 0 Å². The van der Waals surface area contributed by atoms with Gasteiger partial charge in [0, 0.05) is 12.1 Å². The van der Waals surface area contributed by atoms with Crippen LogP contribution in [0.25, 0.3) is 0 Å². The third kappa shape index (κ3) is 3.09. The molecule has 0 fully saturated rings. The molecule has 0 aliphatic rings. The van der Waals surface area contributed by atoms with Gasteiger partial charge in [-0.3, -0.25) is 4.79 Å². The first kappa shape index (κ1) is 13.8. The summed E-state index contributed by atoms with van der Waals surface area (Å²) in [4.78, 5) is 11.9. The van der Waals surface area contributed by atoms with E-state index in [-0.39, 0.29) is 18.4 Å². The third-order valence-corrected chi connectivity index (χ3v) is 3.03. The summed E-state index contributed by atoms with van der Waals surface area (Å²) >= 11 is 0. The van der Waals surface area contributed by atoms with Crippen LogP contribution in [0.3, 0.4) is 0 Å². The molecule has 1 aromatic heterocycles. The lowest BCUT2D eigenvalue weighted by Gasteiger charge is -2.15. The molecule has 4 nitrogen and oxygen atoms in total. The first-order valence-electron chi connectivity index (χ1n) is 5.87. The van der Waals surface area contributed by atoms with Gasteiger partial charge in [0.1, 0.15) is 11.5 Å². The molecule has 0 saturated carbocycles. The Hall–Kier alpha value is -1.29. The fourth-order valence-corrected chi connectivity index (χ4v) is 1.65. The van der Waals surface area contributed by atoms with Crippen molar-refractivity contribution in [2.75, 3.05) is 6.54 Å². The third-order valence-electron chi connectivity index (χ3n) is 3.03. The molecule has 0 aliphatic carbocycles. The Morgan fingerprint density at radius 3 is 2.29 bits per heavy atom. The van der Waals surface area contributed by atoms with Crippen LogP contribution in [0, 0.1) is 26.7 Å². The van der Waals surface area contributed by atoms with Gasteiger partial charge < -0.3 is 14.8 Å². The molecule has 2 N–H and O–H groups in total. The molecule has 1 aromatic rings. The number of rotatable bonds is 4. The molecular formula is C13H21NO3. The summed E-state index contributed by atoms with van der Waals surface area (Å²) in [6.45, 7) is 9.56. The molecule has 17 heavy (non-hydrogen) atoms. The molecule has 1 rings (SSSR count). The van der Waals surface area contributed by atoms with Crippen LogP contribution in [0.15, 0.2) is 4.42 Å². The van der Waals surface area contributed by atoms with E-state index in [0.717, 1.165) is 11.3 Å². The lowest BCUT2D eigenvalue weighted by atomic mass is 10.1. The van der Waals surface area contributed by atoms with Gasteiger partial charge in [-0.1, -0.05) is 13.8 Å². The van der Waals surface area contributed by atoms with Gasteiger partial charge in [0.15, 0.2) is 0 Å². The summed E-state index contributed by atoms with van der Waals surface area (Å²) in [6, 6.07) is 0. The van der Waals surface area contributed by atoms with Gasteiger partial charge in [-0.2, -0.15) is 0 Å². The molecule has 0 spiro atoms. The van der Waals surface area contributed by atoms with E-state index >= 15 is 0 Å². The molecule has 0 aromatic carbocycles. The number of carbonyl (C=O) groups is 1. The minimum atomic E-state index is -0.521. The largest absolute Gasteiger partial charge is 0.466 e. The van der Waals surface area contributed by atoms with Gasteiger partial charge in [-0.25, -0.2) is 0 Å². The van der Waals surface area contributed by atoms with Crippen LogP contribution in [0.5, 0.6) is 0 Å². The normalized spacial score (nSPS) is 12.9. The van der Waals surface area contributed by atoms with Gasteiger partial charge >= 0.3 is 0 Å². The van der Waals surface area contributed by atoms with Crippen molar-refractivity contribution in [2.45, 2.75) is 40.7 Å². The van der Waals surface area contributed by atoms with Crippen LogP contribution in [0.1, 0.15) is 41.3 Å². The Morgan fingerprint density at radius 1 is 1.29 bits per heavy atom. The maximum Gasteiger partial charge on any atom is 0.255 e. The van der Waals surface area contributed by atoms with Gasteiger partial charge in [-0.05, 0) is 26.7 Å². The van der Waals surface area contributed by atoms with Gasteiger partial charge in [0.25, 0.3) is 5.91 Å². The van der Waals surface area contributed by atoms with Crippen molar-refractivity contribution in [1.29, 1.82) is 0 Å². The number of furan rings is 1. The Balaban J connectivity index is 2.71. The average Bonchev–Trinajstić information content (AvgIpc) is 2.49. The number of carbonyl (C=O) groups excluding carboxylic acids is 1. The zero-order valence-corrected chi connectivity index (χ0v) is 11.1. The number of aliphatic hydroxyl groups is 1. The number of hydrogen-bond donors (Lipinski definition) is 2. The molecule has 1 heterocycles. The molecule has 0 saturated heterocycles. The number of hydrogen-bond acceptors (Lipinski definition) is 3. The van der Waals surface area contributed by atoms with E-state index < -0.39 is 6.10 Å². The first-order chi connectivity index (χ1) is 7.84. The summed E-state index contributed by atoms with van der Waals surface area (Å²) < 4.78 is 5.40. The molecule has 0 aliphatic heterocycles. The number of amides is 1. The highest BCUT2D eigenvalue weighted by Gasteiger charge is 2.19. The molecule has 96 valence electrons. The van der Waals surface area contributed by atoms with Gasteiger partial charge in [-0.15, -0.1) is 0 Å². The number of aliphatic hydroxyl groups excluding tert-OH is 1. The van der Waals surface area contributed by atoms with Crippen molar-refractivity contribution < 1.29 is 14.3 Å². The number of nitrogens with one attached hydrogen (secondary N) is 1. The van der Waals surface area contributed by atoms with Crippen LogP contribution < -0.4 is 5.32 Å². The quantitative estimate of drug-likeness (QED) is 0.844. The summed E-state index contributed by atoms with van der Waals surface area (Å²) in [5, 5.41) is 12.4. The SMILES string of the molecule is Cc1oc(C)c(C(=O)NCC(O)C(C)C)c1C. The lowest BCUT2D eigenvalue weighted by molar-refractivity contribution is 0.0869. The molecular weight excluding hydrogens is 218 g/mol. The zero-order chi connectivity index (χ0) is 13.2. The second-order valence-electron chi connectivity index (χ2n) is 4.74. The summed E-state index contributed by atoms with van der Waals surface area (Å²) in [7, 11) is 0. The maximum absolute atomic E-state index is 11.9. The van der Waals surface area contributed by atoms with E-state index in [1.165, 1.54) is 0 Å². The zero-order valence-electron chi connectivity index (χ0n) is 11.1. The fraction of sp³-hybridized carbons (Fsp3) is 0.615. The second kappa shape index (κ2) is 5.36. The van der Waals surface area contributed by atoms with Crippen molar-refractivity contribution >= 4 is 5.91 Å². The molecule has 4 heteroatoms. The van der Waals surface area contributed by atoms with E-state index in [0.29, 0.717) is 11.3 Å². The van der Waals surface area contributed by atoms with Crippen LogP contribution >= 0.6 is 0 Å². The number of aryl methyl sites for hydroxylation is 2. The predicted octanol–water partition coefficient (Wildman–Crippen LogP) is 1.95. The van der Waals surface area contributed by atoms with Crippen molar-refractivity contribution in [1.82, 2.24) is 5.32 Å². The van der Waals surface area contributed by atoms with Gasteiger partial charge in [0.05, 0.1) is 11.7 Å². The van der Waals surface area contributed by atoms with Crippen molar-refractivity contribution in [3.63, 3.8) is 0 Å². The summed E-state index contributed by atoms with van der Waals surface area (Å²) in [5.41, 5.74) is 1.44. The summed E-state index contributed by atoms with van der Waals surface area (Å²) in [6.07, 6.45) is -0.521. The van der Waals surface area contributed by atoms with E-state index in [4.69, 9.17) is 4.42 Å². The van der Waals surface area contributed by atoms with Crippen LogP contribution in [-0.4, -0.2) is 23.7 Å². The molecule has 1 amide bonds. The predicted molar refractivity (Wildman–Crippen MR) is 66.1 cm³/mol. The summed E-state index contributed by atoms with van der Waals surface area (Å²) in [5.74, 6) is 1.33.